The van der Waals surface area contributed by atoms with Crippen molar-refractivity contribution in [3.05, 3.63) is 69.3 Å². The summed E-state index contributed by atoms with van der Waals surface area (Å²) in [4.78, 5) is 0. The Kier molecular flexibility index (Phi) is 6.56. The third-order valence-corrected chi connectivity index (χ3v) is 6.58. The Labute approximate surface area is 151 Å². The average Bonchev–Trinajstić information content (AvgIpc) is 2.50. The van der Waals surface area contributed by atoms with Crippen LogP contribution in [0.25, 0.3) is 0 Å². The highest BCUT2D eigenvalue weighted by Gasteiger charge is 2.28. The maximum atomic E-state index is 3.73. The van der Waals surface area contributed by atoms with Crippen LogP contribution in [0.2, 0.25) is 0 Å². The molecule has 0 heterocycles. The molecule has 0 aliphatic heterocycles. The molecule has 2 rings (SSSR count). The van der Waals surface area contributed by atoms with Gasteiger partial charge in [0.05, 0.1) is 0 Å². The number of alkyl halides is 2. The molecule has 0 saturated carbocycles. The second kappa shape index (κ2) is 7.95. The van der Waals surface area contributed by atoms with E-state index in [1.165, 1.54) is 14.7 Å². The molecule has 0 bridgehead atoms. The van der Waals surface area contributed by atoms with Gasteiger partial charge in [0.2, 0.25) is 0 Å². The van der Waals surface area contributed by atoms with Gasteiger partial charge in [0.1, 0.15) is 0 Å². The zero-order valence-electron chi connectivity index (χ0n) is 11.2. The summed E-state index contributed by atoms with van der Waals surface area (Å²) in [5, 5.41) is 1.98. The van der Waals surface area contributed by atoms with Crippen LogP contribution >= 0.6 is 54.5 Å². The van der Waals surface area contributed by atoms with Crippen molar-refractivity contribution in [2.24, 2.45) is 5.41 Å². The Bertz CT molecular complexity index is 518. The predicted molar refractivity (Wildman–Crippen MR) is 103 cm³/mol. The topological polar surface area (TPSA) is 0 Å². The smallest absolute Gasteiger partial charge is 0.0130 e. The zero-order chi connectivity index (χ0) is 14.4. The second-order valence-electron chi connectivity index (χ2n) is 5.23. The predicted octanol–water partition coefficient (Wildman–Crippen LogP) is 5.85. The molecule has 0 radical (unpaired) electrons. The highest BCUT2D eigenvalue weighted by molar-refractivity contribution is 14.1. The Hall–Kier alpha value is 0.130. The molecule has 2 aromatic rings. The van der Waals surface area contributed by atoms with E-state index in [1.54, 1.807) is 0 Å². The molecular weight excluding hydrogens is 491 g/mol. The maximum Gasteiger partial charge on any atom is 0.0130 e. The number of hydrogen-bond acceptors (Lipinski definition) is 0. The van der Waals surface area contributed by atoms with Gasteiger partial charge in [-0.3, -0.25) is 0 Å². The molecule has 0 aliphatic carbocycles. The molecule has 0 aromatic heterocycles. The van der Waals surface area contributed by atoms with Gasteiger partial charge in [-0.25, -0.2) is 0 Å². The van der Waals surface area contributed by atoms with Crippen LogP contribution in [0.5, 0.6) is 0 Å². The maximum absolute atomic E-state index is 3.73. The summed E-state index contributed by atoms with van der Waals surface area (Å²) >= 11 is 9.81. The SMILES string of the molecule is BrCC(CBr)(Cc1ccccc1)Cc1ccc(I)cc1. The van der Waals surface area contributed by atoms with Crippen molar-refractivity contribution in [3.8, 4) is 0 Å². The van der Waals surface area contributed by atoms with Crippen molar-refractivity contribution in [1.29, 1.82) is 0 Å². The fourth-order valence-electron chi connectivity index (χ4n) is 2.35. The molecule has 0 unspecified atom stereocenters. The lowest BCUT2D eigenvalue weighted by atomic mass is 9.80. The molecule has 0 atom stereocenters. The van der Waals surface area contributed by atoms with Crippen LogP contribution in [0.1, 0.15) is 11.1 Å². The van der Waals surface area contributed by atoms with E-state index < -0.39 is 0 Å². The first-order valence-electron chi connectivity index (χ1n) is 6.58. The monoisotopic (exact) mass is 506 g/mol. The molecule has 0 amide bonds. The minimum atomic E-state index is 0.216. The summed E-state index contributed by atoms with van der Waals surface area (Å²) in [5.41, 5.74) is 3.02. The van der Waals surface area contributed by atoms with Gasteiger partial charge in [-0.2, -0.15) is 0 Å². The third-order valence-electron chi connectivity index (χ3n) is 3.48. The first-order chi connectivity index (χ1) is 9.67. The molecule has 20 heavy (non-hydrogen) atoms. The summed E-state index contributed by atoms with van der Waals surface area (Å²) < 4.78 is 1.29. The average molecular weight is 508 g/mol. The van der Waals surface area contributed by atoms with E-state index in [1.807, 2.05) is 0 Å². The van der Waals surface area contributed by atoms with Crippen molar-refractivity contribution in [2.75, 3.05) is 10.7 Å². The minimum Gasteiger partial charge on any atom is -0.0921 e. The zero-order valence-corrected chi connectivity index (χ0v) is 16.5. The van der Waals surface area contributed by atoms with E-state index in [9.17, 15) is 0 Å². The van der Waals surface area contributed by atoms with Gasteiger partial charge < -0.3 is 0 Å². The van der Waals surface area contributed by atoms with Crippen molar-refractivity contribution >= 4 is 54.5 Å². The van der Waals surface area contributed by atoms with Crippen molar-refractivity contribution in [3.63, 3.8) is 0 Å². The first-order valence-corrected chi connectivity index (χ1v) is 9.90. The van der Waals surface area contributed by atoms with Gasteiger partial charge in [-0.15, -0.1) is 0 Å². The largest absolute Gasteiger partial charge is 0.0921 e. The Morgan fingerprint density at radius 1 is 0.750 bits per heavy atom. The molecule has 3 heteroatoms. The van der Waals surface area contributed by atoms with Crippen molar-refractivity contribution < 1.29 is 0 Å². The van der Waals surface area contributed by atoms with E-state index in [-0.39, 0.29) is 5.41 Å². The van der Waals surface area contributed by atoms with E-state index in [0.717, 1.165) is 23.5 Å². The van der Waals surface area contributed by atoms with Crippen LogP contribution < -0.4 is 0 Å². The Morgan fingerprint density at radius 3 is 1.75 bits per heavy atom. The van der Waals surface area contributed by atoms with Gasteiger partial charge >= 0.3 is 0 Å². The van der Waals surface area contributed by atoms with E-state index in [4.69, 9.17) is 0 Å². The molecule has 0 N–H and O–H groups in total. The number of halogens is 3. The summed E-state index contributed by atoms with van der Waals surface area (Å²) in [5.74, 6) is 0. The highest BCUT2D eigenvalue weighted by atomic mass is 127. The van der Waals surface area contributed by atoms with E-state index in [2.05, 4.69) is 109 Å². The highest BCUT2D eigenvalue weighted by Crippen LogP contribution is 2.32. The summed E-state index contributed by atoms with van der Waals surface area (Å²) in [6.45, 7) is 0. The lowest BCUT2D eigenvalue weighted by Crippen LogP contribution is -2.30. The van der Waals surface area contributed by atoms with Crippen LogP contribution in [0.15, 0.2) is 54.6 Å². The summed E-state index contributed by atoms with van der Waals surface area (Å²) in [6.07, 6.45) is 2.16. The molecule has 0 aliphatic rings. The first kappa shape index (κ1) is 16.5. The van der Waals surface area contributed by atoms with E-state index >= 15 is 0 Å². The molecule has 0 nitrogen and oxygen atoms in total. The van der Waals surface area contributed by atoms with Gasteiger partial charge in [0.15, 0.2) is 0 Å². The lowest BCUT2D eigenvalue weighted by Gasteiger charge is -2.30. The van der Waals surface area contributed by atoms with Crippen LogP contribution in [0.4, 0.5) is 0 Å². The normalized spacial score (nSPS) is 11.6. The summed E-state index contributed by atoms with van der Waals surface area (Å²) in [7, 11) is 0. The molecule has 0 fully saturated rings. The van der Waals surface area contributed by atoms with Gasteiger partial charge in [-0.05, 0) is 64.1 Å². The van der Waals surface area contributed by atoms with Crippen LogP contribution in [0, 0.1) is 8.99 Å². The van der Waals surface area contributed by atoms with Gasteiger partial charge in [0, 0.05) is 14.2 Å². The van der Waals surface area contributed by atoms with Crippen LogP contribution in [-0.2, 0) is 12.8 Å². The van der Waals surface area contributed by atoms with Gasteiger partial charge in [0.25, 0.3) is 0 Å². The Morgan fingerprint density at radius 2 is 1.25 bits per heavy atom. The Balaban J connectivity index is 2.18. The fourth-order valence-corrected chi connectivity index (χ4v) is 4.43. The van der Waals surface area contributed by atoms with Crippen LogP contribution in [0.3, 0.4) is 0 Å². The number of hydrogen-bond donors (Lipinski definition) is 0. The van der Waals surface area contributed by atoms with Gasteiger partial charge in [-0.1, -0.05) is 74.3 Å². The van der Waals surface area contributed by atoms with E-state index in [0.29, 0.717) is 0 Å². The molecule has 0 spiro atoms. The minimum absolute atomic E-state index is 0.216. The fraction of sp³-hybridized carbons (Fsp3) is 0.294. The number of rotatable bonds is 6. The quantitative estimate of drug-likeness (QED) is 0.340. The molecule has 2 aromatic carbocycles. The summed E-state index contributed by atoms with van der Waals surface area (Å²) in [6, 6.07) is 19.6. The molecule has 0 saturated heterocycles. The van der Waals surface area contributed by atoms with Crippen LogP contribution in [-0.4, -0.2) is 10.7 Å². The molecule has 106 valence electrons. The second-order valence-corrected chi connectivity index (χ2v) is 7.60. The van der Waals surface area contributed by atoms with Crippen molar-refractivity contribution in [1.82, 2.24) is 0 Å². The number of benzene rings is 2. The lowest BCUT2D eigenvalue weighted by molar-refractivity contribution is 0.386. The third kappa shape index (κ3) is 4.57. The standard InChI is InChI=1S/C17H17Br2I/c18-12-17(13-19,10-14-4-2-1-3-5-14)11-15-6-8-16(20)9-7-15/h1-9H,10-13H2. The van der Waals surface area contributed by atoms with Crippen molar-refractivity contribution in [2.45, 2.75) is 12.8 Å². The molecular formula is C17H17Br2I.